The number of thiophene rings is 1. The average Bonchev–Trinajstić information content (AvgIpc) is 3.03. The largest absolute Gasteiger partial charge is 0.338 e. The Kier molecular flexibility index (Phi) is 6.44. The predicted octanol–water partition coefficient (Wildman–Crippen LogP) is 3.06. The summed E-state index contributed by atoms with van der Waals surface area (Å²) in [5, 5.41) is 4.16. The molecule has 3 nitrogen and oxygen atoms in total. The van der Waals surface area contributed by atoms with E-state index in [9.17, 15) is 4.79 Å². The van der Waals surface area contributed by atoms with Gasteiger partial charge in [-0.3, -0.25) is 4.79 Å². The van der Waals surface area contributed by atoms with Gasteiger partial charge in [0.05, 0.1) is 0 Å². The first-order valence-electron chi connectivity index (χ1n) is 7.32. The van der Waals surface area contributed by atoms with Gasteiger partial charge in [0, 0.05) is 19.5 Å². The molecule has 1 amide bonds. The summed E-state index contributed by atoms with van der Waals surface area (Å²) in [6.45, 7) is 2.01. The number of carbonyl (C=O) groups excluding carboxylic acids is 1. The van der Waals surface area contributed by atoms with E-state index in [2.05, 4.69) is 29.0 Å². The van der Waals surface area contributed by atoms with Gasteiger partial charge in [-0.1, -0.05) is 30.3 Å². The van der Waals surface area contributed by atoms with Crippen molar-refractivity contribution >= 4 is 17.2 Å². The third-order valence-corrected chi connectivity index (χ3v) is 4.14. The SMILES string of the molecule is NCCCN(Cc1ccccc1)C(=O)CCc1ccsc1. The van der Waals surface area contributed by atoms with E-state index in [0.29, 0.717) is 19.5 Å². The van der Waals surface area contributed by atoms with Gasteiger partial charge in [-0.15, -0.1) is 0 Å². The van der Waals surface area contributed by atoms with Crippen molar-refractivity contribution in [2.75, 3.05) is 13.1 Å². The average molecular weight is 302 g/mol. The van der Waals surface area contributed by atoms with Gasteiger partial charge in [0.25, 0.3) is 0 Å². The van der Waals surface area contributed by atoms with Crippen LogP contribution in [-0.2, 0) is 17.8 Å². The van der Waals surface area contributed by atoms with E-state index in [4.69, 9.17) is 5.73 Å². The summed E-state index contributed by atoms with van der Waals surface area (Å²) in [6, 6.07) is 12.2. The molecule has 0 atom stereocenters. The first kappa shape index (κ1) is 15.7. The Hall–Kier alpha value is -1.65. The molecule has 0 aliphatic heterocycles. The van der Waals surface area contributed by atoms with E-state index in [0.717, 1.165) is 19.4 Å². The van der Waals surface area contributed by atoms with Crippen molar-refractivity contribution in [3.05, 3.63) is 58.3 Å². The molecule has 0 fully saturated rings. The molecule has 0 bridgehead atoms. The van der Waals surface area contributed by atoms with Crippen molar-refractivity contribution in [2.45, 2.75) is 25.8 Å². The zero-order valence-electron chi connectivity index (χ0n) is 12.2. The second-order valence-corrected chi connectivity index (χ2v) is 5.85. The minimum absolute atomic E-state index is 0.207. The Labute approximate surface area is 130 Å². The first-order valence-corrected chi connectivity index (χ1v) is 8.26. The molecule has 0 saturated carbocycles. The van der Waals surface area contributed by atoms with Gasteiger partial charge in [0.15, 0.2) is 0 Å². The fraction of sp³-hybridized carbons (Fsp3) is 0.353. The standard InChI is InChI=1S/C17H22N2OS/c18-10-4-11-19(13-15-5-2-1-3-6-15)17(20)8-7-16-9-12-21-14-16/h1-3,5-6,9,12,14H,4,7-8,10-11,13,18H2. The monoisotopic (exact) mass is 302 g/mol. The number of hydrogen-bond donors (Lipinski definition) is 1. The van der Waals surface area contributed by atoms with Gasteiger partial charge in [-0.2, -0.15) is 11.3 Å². The maximum atomic E-state index is 12.4. The molecule has 21 heavy (non-hydrogen) atoms. The summed E-state index contributed by atoms with van der Waals surface area (Å²) < 4.78 is 0. The summed E-state index contributed by atoms with van der Waals surface area (Å²) in [5.41, 5.74) is 7.99. The van der Waals surface area contributed by atoms with E-state index < -0.39 is 0 Å². The molecular weight excluding hydrogens is 280 g/mol. The van der Waals surface area contributed by atoms with Crippen LogP contribution in [0.5, 0.6) is 0 Å². The molecule has 4 heteroatoms. The zero-order chi connectivity index (χ0) is 14.9. The van der Waals surface area contributed by atoms with Crippen LogP contribution < -0.4 is 5.73 Å². The molecular formula is C17H22N2OS. The van der Waals surface area contributed by atoms with Crippen molar-refractivity contribution in [1.82, 2.24) is 4.90 Å². The number of hydrogen-bond acceptors (Lipinski definition) is 3. The Balaban J connectivity index is 1.92. The summed E-state index contributed by atoms with van der Waals surface area (Å²) in [4.78, 5) is 14.4. The predicted molar refractivity (Wildman–Crippen MR) is 88.2 cm³/mol. The summed E-state index contributed by atoms with van der Waals surface area (Å²) >= 11 is 1.67. The van der Waals surface area contributed by atoms with Crippen molar-refractivity contribution < 1.29 is 4.79 Å². The molecule has 1 aromatic heterocycles. The highest BCUT2D eigenvalue weighted by Crippen LogP contribution is 2.11. The van der Waals surface area contributed by atoms with Crippen LogP contribution in [-0.4, -0.2) is 23.9 Å². The minimum atomic E-state index is 0.207. The van der Waals surface area contributed by atoms with Crippen molar-refractivity contribution in [3.63, 3.8) is 0 Å². The number of benzene rings is 1. The number of nitrogens with two attached hydrogens (primary N) is 1. The fourth-order valence-corrected chi connectivity index (χ4v) is 2.93. The van der Waals surface area contributed by atoms with Crippen LogP contribution in [0.25, 0.3) is 0 Å². The molecule has 0 spiro atoms. The van der Waals surface area contributed by atoms with Gasteiger partial charge in [0.2, 0.25) is 5.91 Å². The Morgan fingerprint density at radius 2 is 1.95 bits per heavy atom. The number of amides is 1. The number of nitrogens with zero attached hydrogens (tertiary/aromatic N) is 1. The molecule has 0 unspecified atom stereocenters. The molecule has 0 aliphatic rings. The van der Waals surface area contributed by atoms with Crippen molar-refractivity contribution in [3.8, 4) is 0 Å². The van der Waals surface area contributed by atoms with E-state index in [1.807, 2.05) is 23.1 Å². The Bertz CT molecular complexity index is 525. The van der Waals surface area contributed by atoms with E-state index in [-0.39, 0.29) is 5.91 Å². The lowest BCUT2D eigenvalue weighted by molar-refractivity contribution is -0.131. The highest BCUT2D eigenvalue weighted by molar-refractivity contribution is 7.07. The smallest absolute Gasteiger partial charge is 0.223 e. The fourth-order valence-electron chi connectivity index (χ4n) is 2.22. The second kappa shape index (κ2) is 8.60. The normalized spacial score (nSPS) is 10.5. The summed E-state index contributed by atoms with van der Waals surface area (Å²) in [6.07, 6.45) is 2.22. The molecule has 0 aliphatic carbocycles. The third kappa shape index (κ3) is 5.33. The molecule has 0 saturated heterocycles. The minimum Gasteiger partial charge on any atom is -0.338 e. The molecule has 2 N–H and O–H groups in total. The van der Waals surface area contributed by atoms with Gasteiger partial charge in [-0.05, 0) is 47.3 Å². The maximum Gasteiger partial charge on any atom is 0.223 e. The summed E-state index contributed by atoms with van der Waals surface area (Å²) in [5.74, 6) is 0.207. The van der Waals surface area contributed by atoms with Gasteiger partial charge < -0.3 is 10.6 Å². The van der Waals surface area contributed by atoms with Crippen LogP contribution in [0, 0.1) is 0 Å². The van der Waals surface area contributed by atoms with E-state index in [1.54, 1.807) is 11.3 Å². The van der Waals surface area contributed by atoms with Crippen molar-refractivity contribution in [1.29, 1.82) is 0 Å². The van der Waals surface area contributed by atoms with Crippen LogP contribution in [0.1, 0.15) is 24.0 Å². The molecule has 2 rings (SSSR count). The third-order valence-electron chi connectivity index (χ3n) is 3.41. The lowest BCUT2D eigenvalue weighted by Crippen LogP contribution is -2.32. The van der Waals surface area contributed by atoms with Gasteiger partial charge in [0.1, 0.15) is 0 Å². The first-order chi connectivity index (χ1) is 10.3. The Morgan fingerprint density at radius 3 is 2.62 bits per heavy atom. The molecule has 1 heterocycles. The van der Waals surface area contributed by atoms with Crippen LogP contribution in [0.2, 0.25) is 0 Å². The molecule has 1 aromatic carbocycles. The zero-order valence-corrected chi connectivity index (χ0v) is 13.0. The topological polar surface area (TPSA) is 46.3 Å². The molecule has 112 valence electrons. The number of rotatable bonds is 8. The van der Waals surface area contributed by atoms with E-state index >= 15 is 0 Å². The highest BCUT2D eigenvalue weighted by Gasteiger charge is 2.13. The van der Waals surface area contributed by atoms with Crippen molar-refractivity contribution in [2.24, 2.45) is 5.73 Å². The van der Waals surface area contributed by atoms with Crippen LogP contribution in [0.4, 0.5) is 0 Å². The van der Waals surface area contributed by atoms with Gasteiger partial charge in [-0.25, -0.2) is 0 Å². The quantitative estimate of drug-likeness (QED) is 0.814. The molecule has 2 aromatic rings. The second-order valence-electron chi connectivity index (χ2n) is 5.07. The number of aryl methyl sites for hydroxylation is 1. The Morgan fingerprint density at radius 1 is 1.14 bits per heavy atom. The summed E-state index contributed by atoms with van der Waals surface area (Å²) in [7, 11) is 0. The molecule has 0 radical (unpaired) electrons. The maximum absolute atomic E-state index is 12.4. The van der Waals surface area contributed by atoms with Crippen LogP contribution >= 0.6 is 11.3 Å². The lowest BCUT2D eigenvalue weighted by atomic mass is 10.1. The van der Waals surface area contributed by atoms with Gasteiger partial charge >= 0.3 is 0 Å². The highest BCUT2D eigenvalue weighted by atomic mass is 32.1. The number of carbonyl (C=O) groups is 1. The van der Waals surface area contributed by atoms with Crippen LogP contribution in [0.15, 0.2) is 47.2 Å². The van der Waals surface area contributed by atoms with Crippen LogP contribution in [0.3, 0.4) is 0 Å². The lowest BCUT2D eigenvalue weighted by Gasteiger charge is -2.22. The van der Waals surface area contributed by atoms with E-state index in [1.165, 1.54) is 11.1 Å².